The molecule has 0 fully saturated rings. The molecule has 0 amide bonds. The van der Waals surface area contributed by atoms with Gasteiger partial charge in [0.2, 0.25) is 0 Å². The molecule has 0 radical (unpaired) electrons. The lowest BCUT2D eigenvalue weighted by molar-refractivity contribution is -0.748. The van der Waals surface area contributed by atoms with E-state index in [1.165, 1.54) is 0 Å². The van der Waals surface area contributed by atoms with Crippen LogP contribution >= 0.6 is 0 Å². The number of anilines is 1. The molecule has 0 bridgehead atoms. The second kappa shape index (κ2) is 5.41. The maximum absolute atomic E-state index is 9.69. The molecule has 1 N–H and O–H groups in total. The maximum atomic E-state index is 9.69. The van der Waals surface area contributed by atoms with Gasteiger partial charge in [-0.3, -0.25) is 0 Å². The summed E-state index contributed by atoms with van der Waals surface area (Å²) in [7, 11) is 0. The highest BCUT2D eigenvalue weighted by molar-refractivity contribution is 5.75. The van der Waals surface area contributed by atoms with Gasteiger partial charge in [0, 0.05) is 0 Å². The quantitative estimate of drug-likeness (QED) is 0.409. The van der Waals surface area contributed by atoms with Gasteiger partial charge in [0.25, 0.3) is 0 Å². The van der Waals surface area contributed by atoms with Gasteiger partial charge in [-0.05, 0) is 12.1 Å². The lowest BCUT2D eigenvalue weighted by Crippen LogP contribution is -2.07. The van der Waals surface area contributed by atoms with Gasteiger partial charge in [0.1, 0.15) is 0 Å². The molecule has 0 spiro atoms. The molecule has 0 heterocycles. The van der Waals surface area contributed by atoms with Gasteiger partial charge in [0.15, 0.2) is 17.4 Å². The van der Waals surface area contributed by atoms with Gasteiger partial charge < -0.3 is 0 Å². The number of hydrogen-bond donors (Lipinski definition) is 1. The predicted octanol–water partition coefficient (Wildman–Crippen LogP) is 0.0379. The lowest BCUT2D eigenvalue weighted by atomic mass is 10.3. The summed E-state index contributed by atoms with van der Waals surface area (Å²) >= 11 is 0. The molecule has 0 aliphatic rings. The molecule has 0 saturated heterocycles. The Balaban J connectivity index is 0.00000121. The molecular weight excluding hydrogens is 175 g/mol. The summed E-state index contributed by atoms with van der Waals surface area (Å²) in [6.07, 6.45) is 0. The third-order valence-corrected chi connectivity index (χ3v) is 1.01. The largest absolute Gasteiger partial charge is 0.316 e. The predicted molar refractivity (Wildman–Crippen MR) is 48.1 cm³/mol. The van der Waals surface area contributed by atoms with E-state index in [4.69, 9.17) is 0 Å². The molecule has 1 aromatic carbocycles. The number of para-hydroxylation sites is 1. The van der Waals surface area contributed by atoms with Gasteiger partial charge in [-0.25, -0.2) is 5.48 Å². The number of benzene rings is 1. The summed E-state index contributed by atoms with van der Waals surface area (Å²) in [5.74, 6) is 0. The van der Waals surface area contributed by atoms with Crippen molar-refractivity contribution in [1.29, 1.82) is 0 Å². The van der Waals surface area contributed by atoms with Crippen molar-refractivity contribution >= 4 is 23.0 Å². The Kier molecular flexibility index (Phi) is 4.85. The Morgan fingerprint density at radius 2 is 1.92 bits per heavy atom. The first-order valence-electron chi connectivity index (χ1n) is 2.91. The van der Waals surface area contributed by atoms with Crippen LogP contribution < -0.4 is 5.48 Å². The minimum atomic E-state index is -0.910. The Morgan fingerprint density at radius 3 is 2.42 bits per heavy atom. The van der Waals surface area contributed by atoms with E-state index in [1.807, 2.05) is 0 Å². The highest BCUT2D eigenvalue weighted by Crippen LogP contribution is 2.03. The zero-order valence-electron chi connectivity index (χ0n) is 5.56. The van der Waals surface area contributed by atoms with Crippen LogP contribution in [0.5, 0.6) is 0 Å². The van der Waals surface area contributed by atoms with E-state index in [0.717, 1.165) is 0 Å². The summed E-state index contributed by atoms with van der Waals surface area (Å²) in [6, 6.07) is 8.60. The second-order valence-electron chi connectivity index (χ2n) is 1.78. The number of hydrogen-bond acceptors (Lipinski definition) is 4. The van der Waals surface area contributed by atoms with Crippen molar-refractivity contribution in [3.63, 3.8) is 0 Å². The molecule has 1 aromatic rings. The second-order valence-corrected chi connectivity index (χ2v) is 1.78. The Morgan fingerprint density at radius 1 is 1.33 bits per heavy atom. The molecule has 0 atom stereocenters. The Bertz CT molecular complexity index is 242. The minimum absolute atomic E-state index is 0. The maximum Gasteiger partial charge on any atom is 0.316 e. The van der Waals surface area contributed by atoms with Gasteiger partial charge >= 0.3 is 5.09 Å². The summed E-state index contributed by atoms with van der Waals surface area (Å²) in [5.41, 5.74) is 2.69. The van der Waals surface area contributed by atoms with Gasteiger partial charge in [-0.1, -0.05) is 18.2 Å². The van der Waals surface area contributed by atoms with E-state index in [9.17, 15) is 10.1 Å². The minimum Gasteiger partial charge on any atom is -0.225 e. The summed E-state index contributed by atoms with van der Waals surface area (Å²) in [6.45, 7) is 0. The topological polar surface area (TPSA) is 64.4 Å². The average molecular weight is 184 g/mol. The molecule has 1 rings (SSSR count). The summed E-state index contributed by atoms with van der Waals surface area (Å²) < 4.78 is 0. The van der Waals surface area contributed by atoms with E-state index in [1.54, 1.807) is 30.3 Å². The van der Waals surface area contributed by atoms with E-state index >= 15 is 0 Å². The molecule has 0 aliphatic heterocycles. The average Bonchev–Trinajstić information content (AvgIpc) is 2.03. The van der Waals surface area contributed by atoms with Gasteiger partial charge in [-0.2, -0.15) is 4.94 Å². The van der Waals surface area contributed by atoms with Crippen LogP contribution in [-0.2, 0) is 4.94 Å². The normalized spacial score (nSPS) is 8.00. The number of nitrogens with zero attached hydrogens (tertiary/aromatic N) is 1. The fraction of sp³-hybridized carbons (Fsp3) is 0. The van der Waals surface area contributed by atoms with E-state index in [2.05, 4.69) is 10.4 Å². The van der Waals surface area contributed by atoms with Crippen LogP contribution in [0.4, 0.5) is 5.69 Å². The van der Waals surface area contributed by atoms with E-state index in [0.29, 0.717) is 5.69 Å². The van der Waals surface area contributed by atoms with Crippen molar-refractivity contribution < 1.29 is 10.0 Å². The van der Waals surface area contributed by atoms with E-state index in [-0.39, 0.29) is 17.4 Å². The van der Waals surface area contributed by atoms with Gasteiger partial charge in [0.05, 0.1) is 5.69 Å². The Hall–Kier alpha value is -1.25. The smallest absolute Gasteiger partial charge is 0.225 e. The molecule has 5 nitrogen and oxygen atoms in total. The molecule has 12 heavy (non-hydrogen) atoms. The van der Waals surface area contributed by atoms with Crippen molar-refractivity contribution in [1.82, 2.24) is 0 Å². The van der Waals surface area contributed by atoms with Crippen LogP contribution in [0.15, 0.2) is 30.3 Å². The third kappa shape index (κ3) is 3.81. The summed E-state index contributed by atoms with van der Waals surface area (Å²) in [4.78, 5) is 13.6. The first-order chi connectivity index (χ1) is 5.29. The highest BCUT2D eigenvalue weighted by atomic mass is 27.0. The van der Waals surface area contributed by atoms with Crippen molar-refractivity contribution in [2.75, 3.05) is 5.48 Å². The fourth-order valence-electron chi connectivity index (χ4n) is 0.596. The zero-order valence-corrected chi connectivity index (χ0v) is 5.56. The van der Waals surface area contributed by atoms with Gasteiger partial charge in [-0.15, -0.1) is 10.1 Å². The van der Waals surface area contributed by atoms with Crippen LogP contribution in [0, 0.1) is 10.1 Å². The molecule has 0 unspecified atom stereocenters. The third-order valence-electron chi connectivity index (χ3n) is 1.01. The first kappa shape index (κ1) is 10.8. The molecular formula is C6H9AlN2O3. The molecule has 64 valence electrons. The first-order valence-corrected chi connectivity index (χ1v) is 2.91. The Labute approximate surface area is 79.5 Å². The SMILES string of the molecule is O=[N+]([O-])ONc1ccccc1.[AlH3]. The number of rotatable bonds is 3. The van der Waals surface area contributed by atoms with Crippen molar-refractivity contribution in [3.05, 3.63) is 40.4 Å². The van der Waals surface area contributed by atoms with Crippen LogP contribution in [0.3, 0.4) is 0 Å². The lowest BCUT2D eigenvalue weighted by Gasteiger charge is -1.99. The zero-order chi connectivity index (χ0) is 8.10. The molecule has 0 saturated carbocycles. The number of nitrogens with one attached hydrogen (secondary N) is 1. The van der Waals surface area contributed by atoms with E-state index < -0.39 is 5.09 Å². The molecule has 0 aromatic heterocycles. The van der Waals surface area contributed by atoms with Crippen LogP contribution in [-0.4, -0.2) is 22.4 Å². The molecule has 6 heteroatoms. The van der Waals surface area contributed by atoms with Crippen molar-refractivity contribution in [2.45, 2.75) is 0 Å². The standard InChI is InChI=1S/C6H6N2O3.Al.3H/c9-8(10)11-7-6-4-2-1-3-5-6;;;;/h1-5,7H;;;;. The van der Waals surface area contributed by atoms with Crippen LogP contribution in [0.1, 0.15) is 0 Å². The fourth-order valence-corrected chi connectivity index (χ4v) is 0.596. The van der Waals surface area contributed by atoms with Crippen LogP contribution in [0.25, 0.3) is 0 Å². The molecule has 0 aliphatic carbocycles. The monoisotopic (exact) mass is 184 g/mol. The summed E-state index contributed by atoms with van der Waals surface area (Å²) in [5, 5.41) is 8.78. The highest BCUT2D eigenvalue weighted by Gasteiger charge is 1.92. The van der Waals surface area contributed by atoms with Crippen molar-refractivity contribution in [3.8, 4) is 0 Å². The van der Waals surface area contributed by atoms with Crippen LogP contribution in [0.2, 0.25) is 0 Å². The van der Waals surface area contributed by atoms with Crippen molar-refractivity contribution in [2.24, 2.45) is 0 Å².